The maximum Gasteiger partial charge on any atom is 0.255 e. The van der Waals surface area contributed by atoms with Crippen molar-refractivity contribution in [2.45, 2.75) is 0 Å². The van der Waals surface area contributed by atoms with Gasteiger partial charge in [0.25, 0.3) is 23.6 Å². The molecule has 0 fully saturated rings. The zero-order chi connectivity index (χ0) is 56.9. The van der Waals surface area contributed by atoms with Crippen LogP contribution < -0.4 is 42.7 Å². The molecule has 8 bridgehead atoms. The second-order valence-electron chi connectivity index (χ2n) is 20.2. The van der Waals surface area contributed by atoms with Crippen LogP contribution in [-0.4, -0.2) is 43.6 Å². The quantitative estimate of drug-likeness (QED) is 0.0607. The molecule has 12 nitrogen and oxygen atoms in total. The lowest BCUT2D eigenvalue weighted by Gasteiger charge is -2.12. The predicted octanol–water partition coefficient (Wildman–Crippen LogP) is 11.3. The molecule has 0 radical (unpaired) electrons. The fourth-order valence-electron chi connectivity index (χ4n) is 10.6. The lowest BCUT2D eigenvalue weighted by atomic mass is 10.0. The largest absolute Gasteiger partial charge is 0.354 e. The Morgan fingerprint density at radius 1 is 0.214 bits per heavy atom. The summed E-state index contributed by atoms with van der Waals surface area (Å²) in [7, 11) is 0. The lowest BCUT2D eigenvalue weighted by Crippen LogP contribution is -2.19. The maximum atomic E-state index is 13.3. The second kappa shape index (κ2) is 22.8. The molecule has 8 aromatic carbocycles. The number of carbonyl (C=O) groups excluding carboxylic acids is 4. The number of amides is 4. The molecule has 5 heterocycles. The van der Waals surface area contributed by atoms with E-state index in [1.54, 1.807) is 48.5 Å². The molecule has 1 aliphatic heterocycles. The van der Waals surface area contributed by atoms with Gasteiger partial charge in [-0.1, -0.05) is 121 Å². The van der Waals surface area contributed by atoms with Crippen LogP contribution >= 0.6 is 0 Å². The van der Waals surface area contributed by atoms with E-state index in [2.05, 4.69) is 89.7 Å². The number of H-pyrrole nitrogens is 4. The fourth-order valence-corrected chi connectivity index (χ4v) is 10.6. The highest BCUT2D eigenvalue weighted by atomic mass is 16.2. The van der Waals surface area contributed by atoms with E-state index in [9.17, 15) is 19.2 Å². The number of carbonyl (C=O) groups is 4. The van der Waals surface area contributed by atoms with Gasteiger partial charge in [0.15, 0.2) is 0 Å². The van der Waals surface area contributed by atoms with Crippen LogP contribution in [-0.2, 0) is 0 Å². The highest BCUT2D eigenvalue weighted by molar-refractivity contribution is 6.06. The average molecular weight is 1090 g/mol. The third-order valence-corrected chi connectivity index (χ3v) is 14.8. The van der Waals surface area contributed by atoms with Gasteiger partial charge in [0.1, 0.15) is 0 Å². The maximum absolute atomic E-state index is 13.3. The molecule has 1 aliphatic rings. The first kappa shape index (κ1) is 51.7. The number of aromatic nitrogens is 4. The van der Waals surface area contributed by atoms with Crippen molar-refractivity contribution in [1.82, 2.24) is 19.9 Å². The smallest absolute Gasteiger partial charge is 0.255 e. The number of aromatic amines is 4. The van der Waals surface area contributed by atoms with Gasteiger partial charge in [-0.3, -0.25) is 19.2 Å². The van der Waals surface area contributed by atoms with Gasteiger partial charge < -0.3 is 41.2 Å². The summed E-state index contributed by atoms with van der Waals surface area (Å²) in [6.07, 6.45) is 0. The van der Waals surface area contributed by atoms with Gasteiger partial charge in [0.05, 0.1) is 0 Å². The van der Waals surface area contributed by atoms with Crippen molar-refractivity contribution < 1.29 is 19.2 Å². The molecule has 0 atom stereocenters. The third-order valence-electron chi connectivity index (χ3n) is 14.8. The molecule has 0 saturated carbocycles. The number of anilines is 4. The summed E-state index contributed by atoms with van der Waals surface area (Å²) in [5, 5.41) is 15.5. The SMILES string of the molecule is O=C(Nc1ccc(C2=c3ccc([nH]3)=C(c3ccc(NC(=O)c4ccccc4)cc3)c3ccc([nH]3)C(c3ccc(NC(=O)c4ccccc4)cc3)=c3ccc([nH]3)=C(c3ccc(NC(=O)c4ccccc4)cc3)c3ccc2[nH]3)cc1)c1ccccc1. The van der Waals surface area contributed by atoms with E-state index in [-0.39, 0.29) is 23.6 Å². The van der Waals surface area contributed by atoms with Gasteiger partial charge in [0, 0.05) is 111 Å². The van der Waals surface area contributed by atoms with E-state index >= 15 is 0 Å². The Morgan fingerprint density at radius 3 is 0.619 bits per heavy atom. The van der Waals surface area contributed by atoms with Gasteiger partial charge in [-0.25, -0.2) is 0 Å². The van der Waals surface area contributed by atoms with Crippen LogP contribution in [0.2, 0.25) is 0 Å². The Kier molecular flexibility index (Phi) is 14.0. The average Bonchev–Trinajstić information content (AvgIpc) is 3.96. The molecule has 13 rings (SSSR count). The molecule has 0 spiro atoms. The summed E-state index contributed by atoms with van der Waals surface area (Å²) in [6, 6.07) is 84.4. The molecular formula is C72H52N8O4. The van der Waals surface area contributed by atoms with E-state index in [0.717, 1.165) is 88.7 Å². The number of nitrogens with one attached hydrogen (secondary N) is 8. The highest BCUT2D eigenvalue weighted by Crippen LogP contribution is 2.30. The topological polar surface area (TPSA) is 180 Å². The summed E-state index contributed by atoms with van der Waals surface area (Å²) in [6.45, 7) is 0. The molecule has 0 saturated heterocycles. The van der Waals surface area contributed by atoms with Crippen LogP contribution in [0, 0.1) is 0 Å². The van der Waals surface area contributed by atoms with Crippen molar-refractivity contribution in [2.24, 2.45) is 0 Å². The minimum atomic E-state index is -0.208. The molecule has 8 N–H and O–H groups in total. The van der Waals surface area contributed by atoms with Crippen molar-refractivity contribution in [2.75, 3.05) is 21.3 Å². The lowest BCUT2D eigenvalue weighted by molar-refractivity contribution is 0.101. The summed E-state index contributed by atoms with van der Waals surface area (Å²) < 4.78 is 0. The molecule has 12 heteroatoms. The van der Waals surface area contributed by atoms with Crippen molar-refractivity contribution in [1.29, 1.82) is 0 Å². The number of benzene rings is 8. The molecule has 0 aliphatic carbocycles. The summed E-state index contributed by atoms with van der Waals surface area (Å²) in [5.74, 6) is -0.833. The Morgan fingerprint density at radius 2 is 0.417 bits per heavy atom. The zero-order valence-electron chi connectivity index (χ0n) is 45.0. The first-order valence-electron chi connectivity index (χ1n) is 27.4. The molecule has 4 aromatic heterocycles. The van der Waals surface area contributed by atoms with Crippen LogP contribution in [0.15, 0.2) is 267 Å². The predicted molar refractivity (Wildman–Crippen MR) is 331 cm³/mol. The molecule has 0 unspecified atom stereocenters. The van der Waals surface area contributed by atoms with Gasteiger partial charge in [-0.15, -0.1) is 0 Å². The standard InChI is InChI=1S/C72H52N8O4/c81-69(49-13-5-1-6-14-49)73-53-29-21-45(22-30-53)65-57-37-39-59(77-57)66(46-23-31-54(32-24-46)74-70(82)50-15-7-2-8-16-50)61-41-43-63(79-61)68(48-27-35-56(36-28-48)76-72(84)52-19-11-4-12-20-52)64-44-42-62(80-64)67(60-40-38-58(65)78-60)47-25-33-55(34-26-47)75-71(83)51-17-9-3-10-18-51/h1-44,77-80H,(H,73,81)(H,74,82)(H,75,83)(H,76,84). The number of fused-ring (bicyclic) bond motifs is 8. The molecule has 84 heavy (non-hydrogen) atoms. The van der Waals surface area contributed by atoms with Gasteiger partial charge in [-0.2, -0.15) is 0 Å². The Bertz CT molecular complexity index is 4080. The Hall–Kier alpha value is -11.8. The van der Waals surface area contributed by atoms with Gasteiger partial charge in [-0.05, 0) is 168 Å². The number of hydrogen-bond acceptors (Lipinski definition) is 4. The molecular weight excluding hydrogens is 1040 g/mol. The second-order valence-corrected chi connectivity index (χ2v) is 20.2. The van der Waals surface area contributed by atoms with Crippen molar-refractivity contribution in [3.05, 3.63) is 356 Å². The van der Waals surface area contributed by atoms with Crippen LogP contribution in [0.25, 0.3) is 22.3 Å². The number of rotatable bonds is 12. The minimum Gasteiger partial charge on any atom is -0.354 e. The summed E-state index contributed by atoms with van der Waals surface area (Å²) >= 11 is 0. The number of hydrogen-bond donors (Lipinski definition) is 8. The van der Waals surface area contributed by atoms with E-state index in [0.29, 0.717) is 45.0 Å². The third kappa shape index (κ3) is 10.8. The Balaban J connectivity index is 0.988. The van der Waals surface area contributed by atoms with Crippen molar-refractivity contribution >= 4 is 68.7 Å². The van der Waals surface area contributed by atoms with Crippen LogP contribution in [0.1, 0.15) is 86.5 Å². The Labute approximate surface area is 482 Å². The zero-order valence-corrected chi connectivity index (χ0v) is 45.0. The van der Waals surface area contributed by atoms with E-state index in [1.165, 1.54) is 0 Å². The summed E-state index contributed by atoms with van der Waals surface area (Å²) in [5.41, 5.74) is 15.1. The van der Waals surface area contributed by atoms with E-state index < -0.39 is 0 Å². The van der Waals surface area contributed by atoms with E-state index in [4.69, 9.17) is 0 Å². The van der Waals surface area contributed by atoms with Gasteiger partial charge in [0.2, 0.25) is 0 Å². The first-order valence-corrected chi connectivity index (χ1v) is 27.4. The molecule has 4 amide bonds. The normalized spacial score (nSPS) is 11.9. The van der Waals surface area contributed by atoms with Crippen LogP contribution in [0.4, 0.5) is 22.7 Å². The highest BCUT2D eigenvalue weighted by Gasteiger charge is 2.20. The van der Waals surface area contributed by atoms with Gasteiger partial charge >= 0.3 is 0 Å². The van der Waals surface area contributed by atoms with E-state index in [1.807, 2.05) is 170 Å². The monoisotopic (exact) mass is 1090 g/mol. The van der Waals surface area contributed by atoms with Crippen LogP contribution in [0.5, 0.6) is 0 Å². The molecule has 12 aromatic rings. The van der Waals surface area contributed by atoms with Crippen LogP contribution in [0.3, 0.4) is 0 Å². The molecule has 404 valence electrons. The minimum absolute atomic E-state index is 0.208. The fraction of sp³-hybridized carbons (Fsp3) is 0. The summed E-state index contributed by atoms with van der Waals surface area (Å²) in [4.78, 5) is 68.6. The first-order chi connectivity index (χ1) is 41.2. The van der Waals surface area contributed by atoms with Crippen molar-refractivity contribution in [3.8, 4) is 0 Å². The van der Waals surface area contributed by atoms with Crippen molar-refractivity contribution in [3.63, 3.8) is 0 Å².